The number of fused-ring (bicyclic) bond motifs is 5. The van der Waals surface area contributed by atoms with Gasteiger partial charge in [0.05, 0.1) is 11.4 Å². The lowest BCUT2D eigenvalue weighted by Gasteiger charge is -2.59. The van der Waals surface area contributed by atoms with Crippen molar-refractivity contribution in [3.05, 3.63) is 11.6 Å². The minimum absolute atomic E-state index is 0.0136. The molecule has 0 aliphatic heterocycles. The molecular weight excluding hydrogens is 544 g/mol. The Morgan fingerprint density at radius 2 is 1.54 bits per heavy atom. The highest BCUT2D eigenvalue weighted by molar-refractivity contribution is 9.09. The first-order valence-corrected chi connectivity index (χ1v) is 14.1. The first kappa shape index (κ1) is 28.1. The summed E-state index contributed by atoms with van der Waals surface area (Å²) in [5, 5.41) is 0. The van der Waals surface area contributed by atoms with Crippen LogP contribution in [-0.2, 0) is 38.1 Å². The van der Waals surface area contributed by atoms with Crippen molar-refractivity contribution in [2.24, 2.45) is 34.0 Å². The van der Waals surface area contributed by atoms with Gasteiger partial charge in [-0.1, -0.05) is 41.4 Å². The summed E-state index contributed by atoms with van der Waals surface area (Å²) in [6.45, 7) is 10.7. The standard InChI is InChI=1S/C28H39BrO8/c1-15(30)34-13-25(29)26(5)8-7-20-19(10-26)22(36-17(3)32)9-24-27(20,6)12-23(37-18(4)33)21-11-28(21,24)14-35-16(2)31/h7,19,21-25H,8-14H2,1-6H3/t19-,21+,22-,23-,24+,25?,26+,27+,28-/m1/s1. The number of allylic oxidation sites excluding steroid dienone is 1. The fourth-order valence-electron chi connectivity index (χ4n) is 7.81. The zero-order valence-corrected chi connectivity index (χ0v) is 24.2. The summed E-state index contributed by atoms with van der Waals surface area (Å²) in [4.78, 5) is 47.4. The third-order valence-corrected chi connectivity index (χ3v) is 10.9. The van der Waals surface area contributed by atoms with Gasteiger partial charge >= 0.3 is 23.9 Å². The highest BCUT2D eigenvalue weighted by atomic mass is 79.9. The molecule has 0 bridgehead atoms. The molecule has 0 aromatic carbocycles. The van der Waals surface area contributed by atoms with E-state index < -0.39 is 0 Å². The van der Waals surface area contributed by atoms with Gasteiger partial charge in [-0.3, -0.25) is 19.2 Å². The molecule has 0 aromatic rings. The Morgan fingerprint density at radius 1 is 0.919 bits per heavy atom. The number of ether oxygens (including phenoxy) is 4. The van der Waals surface area contributed by atoms with Gasteiger partial charge in [-0.2, -0.15) is 0 Å². The fraction of sp³-hybridized carbons (Fsp3) is 0.786. The molecule has 3 saturated carbocycles. The quantitative estimate of drug-likeness (QED) is 0.187. The van der Waals surface area contributed by atoms with Crippen LogP contribution in [0.1, 0.15) is 73.6 Å². The van der Waals surface area contributed by atoms with Crippen LogP contribution < -0.4 is 0 Å². The van der Waals surface area contributed by atoms with Crippen molar-refractivity contribution < 1.29 is 38.1 Å². The van der Waals surface area contributed by atoms with E-state index in [1.54, 1.807) is 0 Å². The predicted molar refractivity (Wildman–Crippen MR) is 137 cm³/mol. The summed E-state index contributed by atoms with van der Waals surface area (Å²) in [7, 11) is 0. The first-order chi connectivity index (χ1) is 17.2. The predicted octanol–water partition coefficient (Wildman–Crippen LogP) is 4.52. The maximum absolute atomic E-state index is 12.2. The van der Waals surface area contributed by atoms with E-state index in [1.165, 1.54) is 33.3 Å². The molecule has 0 aromatic heterocycles. The molecule has 0 spiro atoms. The molecule has 8 nitrogen and oxygen atoms in total. The zero-order chi connectivity index (χ0) is 27.3. The average Bonchev–Trinajstić information content (AvgIpc) is 3.53. The van der Waals surface area contributed by atoms with E-state index >= 15 is 0 Å². The first-order valence-electron chi connectivity index (χ1n) is 13.2. The maximum atomic E-state index is 12.2. The molecule has 0 heterocycles. The second-order valence-corrected chi connectivity index (χ2v) is 13.2. The van der Waals surface area contributed by atoms with Crippen molar-refractivity contribution >= 4 is 39.8 Å². The monoisotopic (exact) mass is 582 g/mol. The summed E-state index contributed by atoms with van der Waals surface area (Å²) in [6.07, 6.45) is 5.42. The molecule has 4 rings (SSSR count). The lowest BCUT2D eigenvalue weighted by atomic mass is 9.48. The van der Waals surface area contributed by atoms with Gasteiger partial charge in [0.1, 0.15) is 18.8 Å². The second kappa shape index (κ2) is 10.0. The molecule has 0 amide bonds. The molecule has 37 heavy (non-hydrogen) atoms. The van der Waals surface area contributed by atoms with Crippen molar-refractivity contribution in [2.75, 3.05) is 13.2 Å². The van der Waals surface area contributed by atoms with Crippen molar-refractivity contribution in [1.82, 2.24) is 0 Å². The molecular formula is C28H39BrO8. The van der Waals surface area contributed by atoms with E-state index in [4.69, 9.17) is 18.9 Å². The van der Waals surface area contributed by atoms with Crippen LogP contribution >= 0.6 is 15.9 Å². The minimum Gasteiger partial charge on any atom is -0.465 e. The highest BCUT2D eigenvalue weighted by Gasteiger charge is 2.73. The van der Waals surface area contributed by atoms with Gasteiger partial charge in [0.25, 0.3) is 0 Å². The summed E-state index contributed by atoms with van der Waals surface area (Å²) in [5.41, 5.74) is 0.418. The minimum atomic E-state index is -0.328. The number of rotatable bonds is 7. The lowest BCUT2D eigenvalue weighted by molar-refractivity contribution is -0.170. The Bertz CT molecular complexity index is 1010. The van der Waals surface area contributed by atoms with Crippen molar-refractivity contribution in [3.63, 3.8) is 0 Å². The Labute approximate surface area is 227 Å². The van der Waals surface area contributed by atoms with E-state index in [9.17, 15) is 19.2 Å². The highest BCUT2D eigenvalue weighted by Crippen LogP contribution is 2.74. The SMILES string of the molecule is CC(=O)OCC(Br)[C@@]1(C)CC=C2[C@@H](C1)[C@H](OC(C)=O)C[C@@H]1[C@@]3(COC(C)=O)C[C@H]3[C@H](OC(C)=O)C[C@@]21C. The van der Waals surface area contributed by atoms with Gasteiger partial charge < -0.3 is 18.9 Å². The van der Waals surface area contributed by atoms with E-state index in [0.717, 1.165) is 19.3 Å². The Morgan fingerprint density at radius 3 is 2.14 bits per heavy atom. The number of carbonyl (C=O) groups is 4. The van der Waals surface area contributed by atoms with E-state index in [2.05, 4.69) is 35.9 Å². The van der Waals surface area contributed by atoms with Crippen LogP contribution in [0.5, 0.6) is 0 Å². The molecule has 3 fully saturated rings. The van der Waals surface area contributed by atoms with Crippen LogP contribution in [0.2, 0.25) is 0 Å². The van der Waals surface area contributed by atoms with Gasteiger partial charge in [-0.25, -0.2) is 0 Å². The summed E-state index contributed by atoms with van der Waals surface area (Å²) < 4.78 is 22.7. The second-order valence-electron chi connectivity index (χ2n) is 12.1. The Kier molecular flexibility index (Phi) is 7.60. The number of halogens is 1. The molecule has 0 saturated heterocycles. The topological polar surface area (TPSA) is 105 Å². The smallest absolute Gasteiger partial charge is 0.302 e. The zero-order valence-electron chi connectivity index (χ0n) is 22.6. The number of esters is 4. The van der Waals surface area contributed by atoms with E-state index in [1.807, 2.05) is 0 Å². The van der Waals surface area contributed by atoms with Crippen molar-refractivity contribution in [3.8, 4) is 0 Å². The van der Waals surface area contributed by atoms with Gasteiger partial charge in [0.15, 0.2) is 0 Å². The van der Waals surface area contributed by atoms with E-state index in [0.29, 0.717) is 12.8 Å². The largest absolute Gasteiger partial charge is 0.465 e. The summed E-state index contributed by atoms with van der Waals surface area (Å²) >= 11 is 3.77. The maximum Gasteiger partial charge on any atom is 0.302 e. The van der Waals surface area contributed by atoms with Crippen LogP contribution in [0.4, 0.5) is 0 Å². The number of carbonyl (C=O) groups excluding carboxylic acids is 4. The molecule has 1 unspecified atom stereocenters. The fourth-order valence-corrected chi connectivity index (χ4v) is 8.32. The third kappa shape index (κ3) is 5.21. The molecule has 4 aliphatic carbocycles. The van der Waals surface area contributed by atoms with Crippen LogP contribution in [0.3, 0.4) is 0 Å². The lowest BCUT2D eigenvalue weighted by Crippen LogP contribution is -2.56. The van der Waals surface area contributed by atoms with Gasteiger partial charge in [0.2, 0.25) is 0 Å². The van der Waals surface area contributed by atoms with Gasteiger partial charge in [-0.15, -0.1) is 0 Å². The summed E-state index contributed by atoms with van der Waals surface area (Å²) in [6, 6.07) is 0. The normalized spacial score (nSPS) is 40.5. The average molecular weight is 584 g/mol. The Hall–Kier alpha value is -1.90. The molecule has 4 aliphatic rings. The van der Waals surface area contributed by atoms with Crippen LogP contribution in [0.25, 0.3) is 0 Å². The van der Waals surface area contributed by atoms with Gasteiger partial charge in [-0.05, 0) is 48.9 Å². The Balaban J connectivity index is 1.72. The van der Waals surface area contributed by atoms with Crippen LogP contribution in [0, 0.1) is 34.0 Å². The van der Waals surface area contributed by atoms with Crippen molar-refractivity contribution in [2.45, 2.75) is 90.7 Å². The van der Waals surface area contributed by atoms with Crippen LogP contribution in [0.15, 0.2) is 11.6 Å². The molecule has 0 N–H and O–H groups in total. The molecule has 9 atom stereocenters. The van der Waals surface area contributed by atoms with E-state index in [-0.39, 0.29) is 88.1 Å². The van der Waals surface area contributed by atoms with Crippen molar-refractivity contribution in [1.29, 1.82) is 0 Å². The summed E-state index contributed by atoms with van der Waals surface area (Å²) in [5.74, 6) is -1.04. The van der Waals surface area contributed by atoms with Crippen LogP contribution in [-0.4, -0.2) is 54.1 Å². The molecule has 9 heteroatoms. The number of hydrogen-bond acceptors (Lipinski definition) is 8. The number of alkyl halides is 1. The third-order valence-electron chi connectivity index (χ3n) is 9.53. The molecule has 0 radical (unpaired) electrons. The van der Waals surface area contributed by atoms with Gasteiger partial charge in [0, 0.05) is 44.9 Å². The molecule has 206 valence electrons. The number of hydrogen-bond donors (Lipinski definition) is 0.